The van der Waals surface area contributed by atoms with Crippen molar-refractivity contribution in [2.75, 3.05) is 20.7 Å². The van der Waals surface area contributed by atoms with Crippen LogP contribution in [0.4, 0.5) is 0 Å². The quantitative estimate of drug-likeness (QED) is 0.626. The fourth-order valence-corrected chi connectivity index (χ4v) is 7.62. The first kappa shape index (κ1) is 20.0. The van der Waals surface area contributed by atoms with Crippen molar-refractivity contribution in [1.29, 1.82) is 0 Å². The second-order valence-electron chi connectivity index (χ2n) is 8.29. The van der Waals surface area contributed by atoms with Gasteiger partial charge in [0.2, 0.25) is 0 Å². The maximum absolute atomic E-state index is 12.8. The Labute approximate surface area is 187 Å². The second-order valence-corrected chi connectivity index (χ2v) is 10.3. The molecule has 0 spiro atoms. The van der Waals surface area contributed by atoms with Gasteiger partial charge in [0, 0.05) is 45.3 Å². The Balaban J connectivity index is 1.74. The molecule has 0 saturated carbocycles. The van der Waals surface area contributed by atoms with E-state index in [1.807, 2.05) is 30.3 Å². The summed E-state index contributed by atoms with van der Waals surface area (Å²) < 4.78 is 6.41. The number of methoxy groups -OCH3 is 1. The lowest BCUT2D eigenvalue weighted by molar-refractivity contribution is -0.120. The first-order valence-corrected chi connectivity index (χ1v) is 11.5. The molecule has 5 nitrogen and oxygen atoms in total. The topological polar surface area (TPSA) is 70.0 Å². The second kappa shape index (κ2) is 7.04. The number of carbonyl (C=O) groups is 1. The molecule has 2 N–H and O–H groups in total. The van der Waals surface area contributed by atoms with E-state index in [0.717, 1.165) is 14.9 Å². The number of phenols is 2. The number of carbonyl (C=O) groups excluding carboxylic acids is 1. The largest absolute Gasteiger partial charge is 0.504 e. The molecule has 1 aliphatic heterocycles. The average Bonchev–Trinajstić information content (AvgIpc) is 2.94. The number of ether oxygens (including phenoxy) is 1. The normalized spacial score (nSPS) is 29.9. The number of likely N-dealkylation sites (N-methyl/N-ethyl adjacent to an activating group) is 1. The number of phenolic OH excluding ortho intramolecular Hbond substituents is 2. The predicted octanol–water partition coefficient (Wildman–Crippen LogP) is 4.38. The van der Waals surface area contributed by atoms with Crippen molar-refractivity contribution in [3.63, 3.8) is 0 Å². The lowest BCUT2D eigenvalue weighted by Crippen LogP contribution is -2.46. The van der Waals surface area contributed by atoms with Crippen LogP contribution < -0.4 is 0 Å². The summed E-state index contributed by atoms with van der Waals surface area (Å²) in [6.07, 6.45) is 2.20. The van der Waals surface area contributed by atoms with Crippen molar-refractivity contribution in [3.8, 4) is 11.5 Å². The first-order chi connectivity index (χ1) is 14.4. The summed E-state index contributed by atoms with van der Waals surface area (Å²) in [7, 11) is 3.60. The maximum Gasteiger partial charge on any atom is 0.197 e. The SMILES string of the molecule is COC1=C[C@@H]2[C@@H]3[C@H](Sc4ccccc4Br)c4ccc(O)c(O)c4[C@@]2(CC1=O)CN3C. The molecular formula is C23H22BrNO4S. The predicted molar refractivity (Wildman–Crippen MR) is 119 cm³/mol. The highest BCUT2D eigenvalue weighted by Gasteiger charge is 2.62. The van der Waals surface area contributed by atoms with Gasteiger partial charge in [-0.05, 0) is 52.8 Å². The van der Waals surface area contributed by atoms with E-state index >= 15 is 0 Å². The Morgan fingerprint density at radius 2 is 2.00 bits per heavy atom. The maximum atomic E-state index is 12.8. The number of fused-ring (bicyclic) bond motifs is 1. The van der Waals surface area contributed by atoms with Crippen LogP contribution in [0.5, 0.6) is 11.5 Å². The van der Waals surface area contributed by atoms with Crippen LogP contribution in [0.2, 0.25) is 0 Å². The monoisotopic (exact) mass is 487 g/mol. The van der Waals surface area contributed by atoms with E-state index in [4.69, 9.17) is 4.74 Å². The van der Waals surface area contributed by atoms with Crippen LogP contribution in [0.25, 0.3) is 0 Å². The van der Waals surface area contributed by atoms with E-state index in [-0.39, 0.29) is 40.9 Å². The fourth-order valence-electron chi connectivity index (χ4n) is 5.60. The van der Waals surface area contributed by atoms with Crippen LogP contribution in [0.3, 0.4) is 0 Å². The van der Waals surface area contributed by atoms with E-state index in [9.17, 15) is 15.0 Å². The van der Waals surface area contributed by atoms with Crippen LogP contribution in [-0.4, -0.2) is 47.6 Å². The molecule has 1 heterocycles. The Bertz CT molecular complexity index is 1090. The summed E-state index contributed by atoms with van der Waals surface area (Å²) in [6, 6.07) is 11.7. The van der Waals surface area contributed by atoms with Crippen molar-refractivity contribution in [3.05, 3.63) is 63.8 Å². The van der Waals surface area contributed by atoms with Crippen LogP contribution in [-0.2, 0) is 14.9 Å². The van der Waals surface area contributed by atoms with E-state index < -0.39 is 5.41 Å². The molecule has 0 amide bonds. The lowest BCUT2D eigenvalue weighted by atomic mass is 9.59. The molecule has 30 heavy (non-hydrogen) atoms. The Morgan fingerprint density at radius 1 is 1.23 bits per heavy atom. The van der Waals surface area contributed by atoms with E-state index in [2.05, 4.69) is 33.9 Å². The van der Waals surface area contributed by atoms with Gasteiger partial charge in [-0.2, -0.15) is 0 Å². The van der Waals surface area contributed by atoms with Crippen LogP contribution in [0.1, 0.15) is 22.8 Å². The molecule has 1 fully saturated rings. The third-order valence-electron chi connectivity index (χ3n) is 6.74. The van der Waals surface area contributed by atoms with Gasteiger partial charge < -0.3 is 19.8 Å². The minimum absolute atomic E-state index is 0.00432. The number of likely N-dealkylation sites (tertiary alicyclic amines) is 1. The molecule has 0 unspecified atom stereocenters. The summed E-state index contributed by atoms with van der Waals surface area (Å²) in [6.45, 7) is 0.638. The number of rotatable bonds is 3. The number of halogens is 1. The highest BCUT2D eigenvalue weighted by Crippen LogP contribution is 2.64. The third-order valence-corrected chi connectivity index (χ3v) is 9.09. The van der Waals surface area contributed by atoms with Gasteiger partial charge in [-0.15, -0.1) is 11.8 Å². The molecule has 2 aliphatic carbocycles. The Kier molecular flexibility index (Phi) is 4.69. The van der Waals surface area contributed by atoms with Crippen molar-refractivity contribution >= 4 is 33.5 Å². The van der Waals surface area contributed by atoms with Gasteiger partial charge >= 0.3 is 0 Å². The molecule has 2 aromatic carbocycles. The Morgan fingerprint density at radius 3 is 2.73 bits per heavy atom. The van der Waals surface area contributed by atoms with Gasteiger partial charge in [-0.25, -0.2) is 0 Å². The van der Waals surface area contributed by atoms with Crippen molar-refractivity contribution in [2.45, 2.75) is 28.0 Å². The molecule has 156 valence electrons. The average molecular weight is 488 g/mol. The zero-order valence-electron chi connectivity index (χ0n) is 16.6. The molecule has 3 aliphatic rings. The van der Waals surface area contributed by atoms with Gasteiger partial charge in [0.05, 0.1) is 12.4 Å². The minimum atomic E-state index is -0.568. The standard InChI is InChI=1S/C23H22BrNO4S/c1-25-11-23-10-16(27)17(29-2)9-13(23)20(25)22(30-18-6-4-3-5-14(18)24)12-7-8-15(26)21(28)19(12)23/h3-9,13,20,22,26,28H,10-11H2,1-2H3/t13-,20-,22-,23+/m1/s1. The summed E-state index contributed by atoms with van der Waals surface area (Å²) in [5.74, 6) is 0.0759. The van der Waals surface area contributed by atoms with Gasteiger partial charge in [0.1, 0.15) is 0 Å². The number of aromatic hydroxyl groups is 2. The molecule has 2 aromatic rings. The molecular weight excluding hydrogens is 466 g/mol. The van der Waals surface area contributed by atoms with Crippen LogP contribution >= 0.6 is 27.7 Å². The van der Waals surface area contributed by atoms with Gasteiger partial charge in [0.15, 0.2) is 23.0 Å². The summed E-state index contributed by atoms with van der Waals surface area (Å²) in [5.41, 5.74) is 1.12. The third kappa shape index (κ3) is 2.68. The number of Topliss-reactive ketones (excluding diaryl/α,β-unsaturated/α-hetero) is 1. The summed E-state index contributed by atoms with van der Waals surface area (Å²) in [5, 5.41) is 21.3. The summed E-state index contributed by atoms with van der Waals surface area (Å²) in [4.78, 5) is 16.2. The molecule has 0 aromatic heterocycles. The molecule has 0 radical (unpaired) electrons. The lowest BCUT2D eigenvalue weighted by Gasteiger charge is -2.46. The number of benzene rings is 2. The first-order valence-electron chi connectivity index (χ1n) is 9.83. The molecule has 7 heteroatoms. The van der Waals surface area contributed by atoms with Crippen LogP contribution in [0, 0.1) is 5.92 Å². The molecule has 4 atom stereocenters. The van der Waals surface area contributed by atoms with Crippen molar-refractivity contribution < 1.29 is 19.7 Å². The number of hydrogen-bond donors (Lipinski definition) is 2. The number of nitrogens with zero attached hydrogens (tertiary/aromatic N) is 1. The van der Waals surface area contributed by atoms with E-state index in [1.54, 1.807) is 17.8 Å². The number of ketones is 1. The van der Waals surface area contributed by atoms with E-state index in [0.29, 0.717) is 17.9 Å². The zero-order chi connectivity index (χ0) is 21.2. The fraction of sp³-hybridized carbons (Fsp3) is 0.348. The summed E-state index contributed by atoms with van der Waals surface area (Å²) >= 11 is 5.39. The number of allylic oxidation sites excluding steroid dienone is 1. The van der Waals surface area contributed by atoms with Crippen LogP contribution in [0.15, 0.2) is 57.6 Å². The highest BCUT2D eigenvalue weighted by atomic mass is 79.9. The smallest absolute Gasteiger partial charge is 0.197 e. The number of hydrogen-bond acceptors (Lipinski definition) is 6. The molecule has 5 rings (SSSR count). The number of thioether (sulfide) groups is 1. The Hall–Kier alpha value is -1.96. The van der Waals surface area contributed by atoms with Gasteiger partial charge in [-0.1, -0.05) is 18.2 Å². The zero-order valence-corrected chi connectivity index (χ0v) is 19.0. The van der Waals surface area contributed by atoms with Gasteiger partial charge in [-0.3, -0.25) is 4.79 Å². The van der Waals surface area contributed by atoms with Crippen molar-refractivity contribution in [1.82, 2.24) is 4.90 Å². The molecule has 2 bridgehead atoms. The highest BCUT2D eigenvalue weighted by molar-refractivity contribution is 9.10. The van der Waals surface area contributed by atoms with Crippen molar-refractivity contribution in [2.24, 2.45) is 5.92 Å². The molecule has 1 saturated heterocycles. The van der Waals surface area contributed by atoms with E-state index in [1.165, 1.54) is 7.11 Å². The van der Waals surface area contributed by atoms with Gasteiger partial charge in [0.25, 0.3) is 0 Å². The minimum Gasteiger partial charge on any atom is -0.504 e.